The fourth-order valence-corrected chi connectivity index (χ4v) is 3.82. The molecule has 3 rings (SSSR count). The molecule has 26 heavy (non-hydrogen) atoms. The zero-order valence-electron chi connectivity index (χ0n) is 15.6. The topological polar surface area (TPSA) is 61.9 Å². The van der Waals surface area contributed by atoms with Gasteiger partial charge in [-0.25, -0.2) is 4.79 Å². The summed E-state index contributed by atoms with van der Waals surface area (Å²) in [6, 6.07) is 7.88. The van der Waals surface area contributed by atoms with Gasteiger partial charge in [0.2, 0.25) is 5.91 Å². The molecular weight excluding hydrogens is 330 g/mol. The van der Waals surface area contributed by atoms with Crippen molar-refractivity contribution >= 4 is 11.9 Å². The van der Waals surface area contributed by atoms with Crippen molar-refractivity contribution in [3.8, 4) is 5.75 Å². The molecule has 0 saturated carbocycles. The van der Waals surface area contributed by atoms with Crippen LogP contribution in [0, 0.1) is 0 Å². The maximum absolute atomic E-state index is 12.6. The van der Waals surface area contributed by atoms with E-state index in [2.05, 4.69) is 5.32 Å². The molecule has 0 aliphatic carbocycles. The number of hydrogen-bond donors (Lipinski definition) is 1. The predicted octanol–water partition coefficient (Wildman–Crippen LogP) is 2.94. The van der Waals surface area contributed by atoms with Crippen molar-refractivity contribution in [2.75, 3.05) is 32.8 Å². The van der Waals surface area contributed by atoms with Gasteiger partial charge in [0.15, 0.2) is 0 Å². The Morgan fingerprint density at radius 1 is 1.08 bits per heavy atom. The summed E-state index contributed by atoms with van der Waals surface area (Å²) in [6.07, 6.45) is 5.23. The highest BCUT2D eigenvalue weighted by Gasteiger charge is 2.30. The molecule has 0 bridgehead atoms. The minimum absolute atomic E-state index is 0.0230. The molecule has 2 fully saturated rings. The second-order valence-corrected chi connectivity index (χ2v) is 6.95. The van der Waals surface area contributed by atoms with E-state index in [1.54, 1.807) is 0 Å². The molecule has 2 aliphatic rings. The number of nitrogens with one attached hydrogen (secondary N) is 1. The molecule has 2 saturated heterocycles. The molecule has 6 heteroatoms. The Kier molecular flexibility index (Phi) is 6.36. The lowest BCUT2D eigenvalue weighted by Gasteiger charge is -2.28. The second kappa shape index (κ2) is 8.92. The van der Waals surface area contributed by atoms with Crippen molar-refractivity contribution in [3.63, 3.8) is 0 Å². The van der Waals surface area contributed by atoms with Crippen molar-refractivity contribution in [3.05, 3.63) is 29.8 Å². The van der Waals surface area contributed by atoms with Crippen molar-refractivity contribution in [1.29, 1.82) is 0 Å². The SMILES string of the molecule is CCOc1ccc(C2CCCN2C(=O)NCC(=O)N2CCCCC2)cc1. The molecule has 0 radical (unpaired) electrons. The van der Waals surface area contributed by atoms with E-state index in [-0.39, 0.29) is 24.5 Å². The van der Waals surface area contributed by atoms with E-state index >= 15 is 0 Å². The zero-order valence-corrected chi connectivity index (χ0v) is 15.6. The van der Waals surface area contributed by atoms with Crippen LogP contribution in [0.2, 0.25) is 0 Å². The first-order valence-electron chi connectivity index (χ1n) is 9.74. The normalized spacial score (nSPS) is 20.1. The van der Waals surface area contributed by atoms with Crippen molar-refractivity contribution in [2.24, 2.45) is 0 Å². The number of carbonyl (C=O) groups excluding carboxylic acids is 2. The highest BCUT2D eigenvalue weighted by molar-refractivity contribution is 5.84. The van der Waals surface area contributed by atoms with E-state index in [9.17, 15) is 9.59 Å². The number of benzene rings is 1. The fourth-order valence-electron chi connectivity index (χ4n) is 3.82. The third kappa shape index (κ3) is 4.48. The fraction of sp³-hybridized carbons (Fsp3) is 0.600. The highest BCUT2D eigenvalue weighted by atomic mass is 16.5. The summed E-state index contributed by atoms with van der Waals surface area (Å²) in [5, 5.41) is 2.82. The van der Waals surface area contributed by atoms with Gasteiger partial charge < -0.3 is 19.9 Å². The highest BCUT2D eigenvalue weighted by Crippen LogP contribution is 2.32. The van der Waals surface area contributed by atoms with Crippen LogP contribution in [0.3, 0.4) is 0 Å². The number of rotatable bonds is 5. The van der Waals surface area contributed by atoms with Crippen LogP contribution in [0.1, 0.15) is 50.6 Å². The molecule has 1 unspecified atom stereocenters. The lowest BCUT2D eigenvalue weighted by molar-refractivity contribution is -0.130. The van der Waals surface area contributed by atoms with Gasteiger partial charge in [0, 0.05) is 19.6 Å². The molecule has 6 nitrogen and oxygen atoms in total. The summed E-state index contributed by atoms with van der Waals surface area (Å²) < 4.78 is 5.49. The van der Waals surface area contributed by atoms with Crippen LogP contribution in [0.25, 0.3) is 0 Å². The molecule has 3 amide bonds. The molecule has 1 atom stereocenters. The third-order valence-corrected chi connectivity index (χ3v) is 5.19. The lowest BCUT2D eigenvalue weighted by Crippen LogP contribution is -2.46. The van der Waals surface area contributed by atoms with Crippen LogP contribution >= 0.6 is 0 Å². The van der Waals surface area contributed by atoms with Gasteiger partial charge in [0.05, 0.1) is 19.2 Å². The minimum atomic E-state index is -0.147. The Hall–Kier alpha value is -2.24. The number of amides is 3. The van der Waals surface area contributed by atoms with Gasteiger partial charge in [0.1, 0.15) is 5.75 Å². The molecule has 2 aliphatic heterocycles. The minimum Gasteiger partial charge on any atom is -0.494 e. The smallest absolute Gasteiger partial charge is 0.318 e. The van der Waals surface area contributed by atoms with E-state index in [1.165, 1.54) is 6.42 Å². The summed E-state index contributed by atoms with van der Waals surface area (Å²) in [6.45, 7) is 5.04. The van der Waals surface area contributed by atoms with E-state index in [1.807, 2.05) is 41.0 Å². The van der Waals surface area contributed by atoms with Crippen LogP contribution in [-0.4, -0.2) is 54.5 Å². The van der Waals surface area contributed by atoms with Crippen molar-refractivity contribution in [1.82, 2.24) is 15.1 Å². The number of nitrogens with zero attached hydrogens (tertiary/aromatic N) is 2. The summed E-state index contributed by atoms with van der Waals surface area (Å²) in [5.74, 6) is 0.868. The summed E-state index contributed by atoms with van der Waals surface area (Å²) in [5.41, 5.74) is 1.11. The number of carbonyl (C=O) groups is 2. The summed E-state index contributed by atoms with van der Waals surface area (Å²) >= 11 is 0. The van der Waals surface area contributed by atoms with E-state index in [0.717, 1.165) is 56.6 Å². The average Bonchev–Trinajstić information content (AvgIpc) is 3.17. The average molecular weight is 359 g/mol. The van der Waals surface area contributed by atoms with Gasteiger partial charge in [-0.05, 0) is 56.7 Å². The van der Waals surface area contributed by atoms with Crippen LogP contribution in [-0.2, 0) is 4.79 Å². The molecule has 2 heterocycles. The molecule has 0 spiro atoms. The van der Waals surface area contributed by atoms with Crippen LogP contribution in [0.5, 0.6) is 5.75 Å². The first-order chi connectivity index (χ1) is 12.7. The quantitative estimate of drug-likeness (QED) is 0.879. The molecular formula is C20H29N3O3. The number of hydrogen-bond acceptors (Lipinski definition) is 3. The molecule has 1 N–H and O–H groups in total. The Labute approximate surface area is 155 Å². The van der Waals surface area contributed by atoms with E-state index < -0.39 is 0 Å². The Balaban J connectivity index is 1.55. The summed E-state index contributed by atoms with van der Waals surface area (Å²) in [7, 11) is 0. The molecule has 142 valence electrons. The van der Waals surface area contributed by atoms with Crippen LogP contribution in [0.4, 0.5) is 4.79 Å². The molecule has 1 aromatic carbocycles. The van der Waals surface area contributed by atoms with Gasteiger partial charge in [-0.15, -0.1) is 0 Å². The van der Waals surface area contributed by atoms with Gasteiger partial charge in [-0.3, -0.25) is 4.79 Å². The van der Waals surface area contributed by atoms with Crippen molar-refractivity contribution < 1.29 is 14.3 Å². The molecule has 0 aromatic heterocycles. The van der Waals surface area contributed by atoms with Crippen LogP contribution in [0.15, 0.2) is 24.3 Å². The standard InChI is InChI=1S/C20H29N3O3/c1-2-26-17-10-8-16(9-11-17)18-7-6-14-23(18)20(25)21-15-19(24)22-12-4-3-5-13-22/h8-11,18H,2-7,12-15H2,1H3,(H,21,25). The van der Waals surface area contributed by atoms with E-state index in [4.69, 9.17) is 4.74 Å². The first kappa shape index (κ1) is 18.5. The lowest BCUT2D eigenvalue weighted by atomic mass is 10.0. The summed E-state index contributed by atoms with van der Waals surface area (Å²) in [4.78, 5) is 28.6. The Morgan fingerprint density at radius 2 is 1.81 bits per heavy atom. The number of likely N-dealkylation sites (tertiary alicyclic amines) is 2. The maximum Gasteiger partial charge on any atom is 0.318 e. The third-order valence-electron chi connectivity index (χ3n) is 5.19. The molecule has 1 aromatic rings. The Bertz CT molecular complexity index is 611. The second-order valence-electron chi connectivity index (χ2n) is 6.95. The number of ether oxygens (including phenoxy) is 1. The van der Waals surface area contributed by atoms with E-state index in [0.29, 0.717) is 6.61 Å². The number of urea groups is 1. The van der Waals surface area contributed by atoms with Gasteiger partial charge >= 0.3 is 6.03 Å². The van der Waals surface area contributed by atoms with Crippen LogP contribution < -0.4 is 10.1 Å². The van der Waals surface area contributed by atoms with Crippen molar-refractivity contribution in [2.45, 2.75) is 45.1 Å². The number of piperidine rings is 1. The maximum atomic E-state index is 12.6. The zero-order chi connectivity index (χ0) is 18.4. The monoisotopic (exact) mass is 359 g/mol. The van der Waals surface area contributed by atoms with Gasteiger partial charge in [0.25, 0.3) is 0 Å². The largest absolute Gasteiger partial charge is 0.494 e. The van der Waals surface area contributed by atoms with Gasteiger partial charge in [-0.1, -0.05) is 12.1 Å². The Morgan fingerprint density at radius 3 is 2.50 bits per heavy atom. The predicted molar refractivity (Wildman–Crippen MR) is 100 cm³/mol. The van der Waals surface area contributed by atoms with Gasteiger partial charge in [-0.2, -0.15) is 0 Å². The first-order valence-corrected chi connectivity index (χ1v) is 9.74.